The molecule has 0 saturated heterocycles. The van der Waals surface area contributed by atoms with Crippen molar-refractivity contribution in [2.75, 3.05) is 0 Å². The van der Waals surface area contributed by atoms with E-state index < -0.39 is 8.32 Å². The zero-order valence-corrected chi connectivity index (χ0v) is 9.52. The maximum Gasteiger partial charge on any atom is 0.184 e. The van der Waals surface area contributed by atoms with E-state index in [1.54, 1.807) is 0 Å². The van der Waals surface area contributed by atoms with E-state index in [2.05, 4.69) is 26.2 Å². The van der Waals surface area contributed by atoms with Gasteiger partial charge in [-0.3, -0.25) is 0 Å². The summed E-state index contributed by atoms with van der Waals surface area (Å²) < 4.78 is 6.02. The minimum absolute atomic E-state index is 0.530. The van der Waals surface area contributed by atoms with Gasteiger partial charge in [-0.1, -0.05) is 12.2 Å². The van der Waals surface area contributed by atoms with Crippen LogP contribution in [0.1, 0.15) is 25.7 Å². The number of hydrogen-bond acceptors (Lipinski definition) is 1. The Morgan fingerprint density at radius 2 is 1.75 bits per heavy atom. The van der Waals surface area contributed by atoms with E-state index >= 15 is 0 Å². The molecule has 70 valence electrons. The Kier molecular flexibility index (Phi) is 3.13. The van der Waals surface area contributed by atoms with Crippen LogP contribution in [0.4, 0.5) is 0 Å². The highest BCUT2D eigenvalue weighted by Crippen LogP contribution is 2.26. The summed E-state index contributed by atoms with van der Waals surface area (Å²) in [6.45, 7) is 10.8. The molecule has 0 aromatic heterocycles. The molecule has 0 atom stereocenters. The van der Waals surface area contributed by atoms with Crippen LogP contribution in [0.5, 0.6) is 0 Å². The summed E-state index contributed by atoms with van der Waals surface area (Å²) in [5, 5.41) is 0. The summed E-state index contributed by atoms with van der Waals surface area (Å²) in [6, 6.07) is 0. The van der Waals surface area contributed by atoms with Crippen molar-refractivity contribution in [3.63, 3.8) is 0 Å². The number of rotatable bonds is 2. The van der Waals surface area contributed by atoms with E-state index in [9.17, 15) is 0 Å². The Labute approximate surface area is 76.9 Å². The maximum absolute atomic E-state index is 6.02. The Morgan fingerprint density at radius 1 is 1.25 bits per heavy atom. The van der Waals surface area contributed by atoms with Crippen molar-refractivity contribution in [1.82, 2.24) is 0 Å². The molecule has 0 amide bonds. The molecular weight excluding hydrogens is 164 g/mol. The summed E-state index contributed by atoms with van der Waals surface area (Å²) in [7, 11) is -1.30. The molecule has 0 radical (unpaired) electrons. The lowest BCUT2D eigenvalue weighted by Gasteiger charge is -2.29. The lowest BCUT2D eigenvalue weighted by molar-refractivity contribution is 0.162. The predicted molar refractivity (Wildman–Crippen MR) is 55.8 cm³/mol. The van der Waals surface area contributed by atoms with Crippen molar-refractivity contribution >= 4 is 8.32 Å². The highest BCUT2D eigenvalue weighted by molar-refractivity contribution is 6.69. The van der Waals surface area contributed by atoms with E-state index in [4.69, 9.17) is 4.43 Å². The minimum Gasteiger partial charge on any atom is -0.415 e. The standard InChI is InChI=1S/C10H20OSi/c1-9-5-7-10(8-6-9)11-12(2,3)4/h10H,1,5-8H2,2-4H3. The van der Waals surface area contributed by atoms with Gasteiger partial charge in [0.25, 0.3) is 0 Å². The van der Waals surface area contributed by atoms with Gasteiger partial charge in [-0.25, -0.2) is 0 Å². The quantitative estimate of drug-likeness (QED) is 0.472. The van der Waals surface area contributed by atoms with Gasteiger partial charge in [-0.05, 0) is 45.3 Å². The van der Waals surface area contributed by atoms with Gasteiger partial charge in [0.15, 0.2) is 8.32 Å². The molecule has 1 rings (SSSR count). The van der Waals surface area contributed by atoms with Crippen LogP contribution in [0.25, 0.3) is 0 Å². The number of hydrogen-bond donors (Lipinski definition) is 0. The van der Waals surface area contributed by atoms with Crippen LogP contribution < -0.4 is 0 Å². The Hall–Kier alpha value is -0.0831. The summed E-state index contributed by atoms with van der Waals surface area (Å²) in [5.74, 6) is 0. The lowest BCUT2D eigenvalue weighted by atomic mass is 9.94. The van der Waals surface area contributed by atoms with Crippen molar-refractivity contribution < 1.29 is 4.43 Å². The molecule has 0 heterocycles. The molecular formula is C10H20OSi. The smallest absolute Gasteiger partial charge is 0.184 e. The molecule has 12 heavy (non-hydrogen) atoms. The summed E-state index contributed by atoms with van der Waals surface area (Å²) in [4.78, 5) is 0. The van der Waals surface area contributed by atoms with Crippen molar-refractivity contribution in [3.05, 3.63) is 12.2 Å². The molecule has 0 N–H and O–H groups in total. The first-order chi connectivity index (χ1) is 5.47. The van der Waals surface area contributed by atoms with E-state index in [1.807, 2.05) is 0 Å². The van der Waals surface area contributed by atoms with Crippen molar-refractivity contribution in [3.8, 4) is 0 Å². The second-order valence-corrected chi connectivity index (χ2v) is 9.14. The van der Waals surface area contributed by atoms with Gasteiger partial charge in [0, 0.05) is 6.10 Å². The third kappa shape index (κ3) is 3.54. The average molecular weight is 184 g/mol. The Bertz CT molecular complexity index is 159. The van der Waals surface area contributed by atoms with E-state index in [1.165, 1.54) is 31.3 Å². The molecule has 0 unspecified atom stereocenters. The summed E-state index contributed by atoms with van der Waals surface area (Å²) >= 11 is 0. The summed E-state index contributed by atoms with van der Waals surface area (Å²) in [5.41, 5.74) is 1.41. The molecule has 0 spiro atoms. The zero-order valence-electron chi connectivity index (χ0n) is 8.52. The van der Waals surface area contributed by atoms with E-state index in [0.29, 0.717) is 6.10 Å². The monoisotopic (exact) mass is 184 g/mol. The third-order valence-corrected chi connectivity index (χ3v) is 3.20. The fourth-order valence-corrected chi connectivity index (χ4v) is 2.85. The SMILES string of the molecule is C=C1CCC(O[Si](C)(C)C)CC1. The lowest BCUT2D eigenvalue weighted by Crippen LogP contribution is -2.33. The molecule has 0 aromatic rings. The van der Waals surface area contributed by atoms with E-state index in [-0.39, 0.29) is 0 Å². The van der Waals surface area contributed by atoms with Crippen molar-refractivity contribution in [1.29, 1.82) is 0 Å². The highest BCUT2D eigenvalue weighted by atomic mass is 28.4. The second kappa shape index (κ2) is 3.75. The van der Waals surface area contributed by atoms with Crippen LogP contribution in [-0.4, -0.2) is 14.4 Å². The minimum atomic E-state index is -1.30. The molecule has 2 heteroatoms. The third-order valence-electron chi connectivity index (χ3n) is 2.16. The van der Waals surface area contributed by atoms with Gasteiger partial charge in [0.1, 0.15) is 0 Å². The highest BCUT2D eigenvalue weighted by Gasteiger charge is 2.23. The molecule has 1 saturated carbocycles. The fourth-order valence-electron chi connectivity index (χ4n) is 1.62. The van der Waals surface area contributed by atoms with Crippen LogP contribution in [0.3, 0.4) is 0 Å². The van der Waals surface area contributed by atoms with Gasteiger partial charge in [-0.2, -0.15) is 0 Å². The van der Waals surface area contributed by atoms with Crippen LogP contribution in [0, 0.1) is 0 Å². The predicted octanol–water partition coefficient (Wildman–Crippen LogP) is 3.34. The van der Waals surface area contributed by atoms with Gasteiger partial charge in [0.2, 0.25) is 0 Å². The molecule has 1 nitrogen and oxygen atoms in total. The first kappa shape index (κ1) is 10.0. The zero-order chi connectivity index (χ0) is 9.19. The molecule has 1 fully saturated rings. The molecule has 0 aromatic carbocycles. The Morgan fingerprint density at radius 3 is 2.17 bits per heavy atom. The van der Waals surface area contributed by atoms with Gasteiger partial charge in [0.05, 0.1) is 0 Å². The second-order valence-electron chi connectivity index (χ2n) is 4.68. The van der Waals surface area contributed by atoms with Crippen LogP contribution in [0.15, 0.2) is 12.2 Å². The van der Waals surface area contributed by atoms with Crippen LogP contribution >= 0.6 is 0 Å². The molecule has 0 bridgehead atoms. The molecule has 1 aliphatic carbocycles. The van der Waals surface area contributed by atoms with Crippen molar-refractivity contribution in [2.45, 2.75) is 51.4 Å². The number of allylic oxidation sites excluding steroid dienone is 1. The van der Waals surface area contributed by atoms with Crippen LogP contribution in [-0.2, 0) is 4.43 Å². The molecule has 0 aliphatic heterocycles. The first-order valence-electron chi connectivity index (χ1n) is 4.82. The van der Waals surface area contributed by atoms with Crippen LogP contribution in [0.2, 0.25) is 19.6 Å². The van der Waals surface area contributed by atoms with Gasteiger partial charge in [-0.15, -0.1) is 0 Å². The fraction of sp³-hybridized carbons (Fsp3) is 0.800. The largest absolute Gasteiger partial charge is 0.415 e. The molecule has 1 aliphatic rings. The summed E-state index contributed by atoms with van der Waals surface area (Å²) in [6.07, 6.45) is 5.28. The maximum atomic E-state index is 6.02. The Balaban J connectivity index is 2.31. The topological polar surface area (TPSA) is 9.23 Å². The van der Waals surface area contributed by atoms with Gasteiger partial charge < -0.3 is 4.43 Å². The normalized spacial score (nSPS) is 21.4. The first-order valence-corrected chi connectivity index (χ1v) is 8.23. The van der Waals surface area contributed by atoms with Crippen molar-refractivity contribution in [2.24, 2.45) is 0 Å². The van der Waals surface area contributed by atoms with E-state index in [0.717, 1.165) is 0 Å². The van der Waals surface area contributed by atoms with Gasteiger partial charge >= 0.3 is 0 Å². The average Bonchev–Trinajstić information content (AvgIpc) is 1.91.